The molecule has 1 saturated carbocycles. The van der Waals surface area contributed by atoms with Crippen LogP contribution >= 0.6 is 0 Å². The molecule has 0 atom stereocenters. The maximum absolute atomic E-state index is 13.3. The second kappa shape index (κ2) is 10.5. The molecule has 0 spiro atoms. The zero-order valence-corrected chi connectivity index (χ0v) is 19.6. The van der Waals surface area contributed by atoms with Gasteiger partial charge in [-0.1, -0.05) is 62.4 Å². The van der Waals surface area contributed by atoms with Gasteiger partial charge in [-0.3, -0.25) is 9.10 Å². The van der Waals surface area contributed by atoms with Gasteiger partial charge in [-0.15, -0.1) is 0 Å². The number of carbonyl (C=O) groups is 1. The lowest BCUT2D eigenvalue weighted by Gasteiger charge is -2.30. The molecule has 1 amide bonds. The first kappa shape index (κ1) is 22.8. The molecule has 4 rings (SSSR count). The Kier molecular flexibility index (Phi) is 7.51. The van der Waals surface area contributed by atoms with Crippen molar-refractivity contribution in [3.63, 3.8) is 0 Å². The van der Waals surface area contributed by atoms with E-state index < -0.39 is 10.0 Å². The van der Waals surface area contributed by atoms with Crippen LogP contribution in [0.25, 0.3) is 0 Å². The topological polar surface area (TPSA) is 66.5 Å². The molecule has 0 saturated heterocycles. The standard InChI is InChI=1S/C26H34N2O3S/c29-26(27-23-11-4-2-1-3-5-12-23)19-16-21-14-17-24(18-15-21)32(30,31)28-20-8-10-22-9-6-7-13-25(22)28/h6-7,9,13-15,17-18,23H,1-5,8,10-12,16,19-20H2,(H,27,29). The molecule has 2 aromatic rings. The summed E-state index contributed by atoms with van der Waals surface area (Å²) in [6.45, 7) is 0.502. The lowest BCUT2D eigenvalue weighted by atomic mass is 9.96. The van der Waals surface area contributed by atoms with Crippen LogP contribution in [0.5, 0.6) is 0 Å². The summed E-state index contributed by atoms with van der Waals surface area (Å²) < 4.78 is 28.1. The second-order valence-corrected chi connectivity index (χ2v) is 10.9. The number of fused-ring (bicyclic) bond motifs is 1. The third-order valence-electron chi connectivity index (χ3n) is 6.69. The molecule has 0 bridgehead atoms. The van der Waals surface area contributed by atoms with Crippen molar-refractivity contribution in [2.75, 3.05) is 10.8 Å². The van der Waals surface area contributed by atoms with Crippen molar-refractivity contribution in [1.82, 2.24) is 5.32 Å². The van der Waals surface area contributed by atoms with E-state index in [1.807, 2.05) is 36.4 Å². The van der Waals surface area contributed by atoms with Gasteiger partial charge in [-0.05, 0) is 61.4 Å². The van der Waals surface area contributed by atoms with Crippen molar-refractivity contribution in [2.24, 2.45) is 0 Å². The van der Waals surface area contributed by atoms with Crippen LogP contribution in [-0.4, -0.2) is 26.9 Å². The minimum atomic E-state index is -3.60. The van der Waals surface area contributed by atoms with Crippen LogP contribution in [-0.2, 0) is 27.7 Å². The van der Waals surface area contributed by atoms with Gasteiger partial charge in [0.25, 0.3) is 10.0 Å². The Morgan fingerprint density at radius 2 is 1.59 bits per heavy atom. The van der Waals surface area contributed by atoms with E-state index in [1.165, 1.54) is 36.4 Å². The first-order chi connectivity index (χ1) is 15.5. The van der Waals surface area contributed by atoms with Crippen molar-refractivity contribution in [2.45, 2.75) is 81.6 Å². The largest absolute Gasteiger partial charge is 0.353 e. The Labute approximate surface area is 192 Å². The number of aryl methyl sites for hydroxylation is 2. The summed E-state index contributed by atoms with van der Waals surface area (Å²) >= 11 is 0. The molecule has 32 heavy (non-hydrogen) atoms. The van der Waals surface area contributed by atoms with E-state index in [2.05, 4.69) is 5.32 Å². The maximum atomic E-state index is 13.3. The summed E-state index contributed by atoms with van der Waals surface area (Å²) in [7, 11) is -3.60. The molecule has 0 radical (unpaired) electrons. The highest BCUT2D eigenvalue weighted by Crippen LogP contribution is 2.31. The van der Waals surface area contributed by atoms with Crippen molar-refractivity contribution in [1.29, 1.82) is 0 Å². The Morgan fingerprint density at radius 1 is 0.906 bits per heavy atom. The summed E-state index contributed by atoms with van der Waals surface area (Å²) in [6, 6.07) is 15.1. The van der Waals surface area contributed by atoms with E-state index in [9.17, 15) is 13.2 Å². The van der Waals surface area contributed by atoms with Crippen LogP contribution in [0, 0.1) is 0 Å². The number of nitrogens with one attached hydrogen (secondary N) is 1. The number of hydrogen-bond acceptors (Lipinski definition) is 3. The van der Waals surface area contributed by atoms with E-state index in [1.54, 1.807) is 12.1 Å². The number of rotatable bonds is 6. The van der Waals surface area contributed by atoms with Crippen LogP contribution in [0.4, 0.5) is 5.69 Å². The highest BCUT2D eigenvalue weighted by molar-refractivity contribution is 7.92. The summed E-state index contributed by atoms with van der Waals surface area (Å²) in [4.78, 5) is 12.7. The Hall–Kier alpha value is -2.34. The minimum Gasteiger partial charge on any atom is -0.353 e. The number of benzene rings is 2. The zero-order chi connectivity index (χ0) is 22.4. The lowest BCUT2D eigenvalue weighted by Crippen LogP contribution is -2.35. The fourth-order valence-electron chi connectivity index (χ4n) is 4.86. The molecule has 6 heteroatoms. The normalized spacial score (nSPS) is 17.8. The summed E-state index contributed by atoms with van der Waals surface area (Å²) in [5, 5.41) is 3.20. The van der Waals surface area contributed by atoms with Crippen LogP contribution in [0.2, 0.25) is 0 Å². The maximum Gasteiger partial charge on any atom is 0.264 e. The Balaban J connectivity index is 1.35. The first-order valence-corrected chi connectivity index (χ1v) is 13.5. The number of sulfonamides is 1. The molecular formula is C26H34N2O3S. The monoisotopic (exact) mass is 454 g/mol. The van der Waals surface area contributed by atoms with E-state index in [0.717, 1.165) is 42.5 Å². The highest BCUT2D eigenvalue weighted by Gasteiger charge is 2.28. The number of hydrogen-bond donors (Lipinski definition) is 1. The van der Waals surface area contributed by atoms with Gasteiger partial charge < -0.3 is 5.32 Å². The molecule has 5 nitrogen and oxygen atoms in total. The van der Waals surface area contributed by atoms with Crippen LogP contribution in [0.15, 0.2) is 53.4 Å². The fourth-order valence-corrected chi connectivity index (χ4v) is 6.40. The van der Waals surface area contributed by atoms with Crippen molar-refractivity contribution >= 4 is 21.6 Å². The van der Waals surface area contributed by atoms with Gasteiger partial charge in [0.15, 0.2) is 0 Å². The SMILES string of the molecule is O=C(CCc1ccc(S(=O)(=O)N2CCCc3ccccc32)cc1)NC1CCCCCCC1. The van der Waals surface area contributed by atoms with Crippen molar-refractivity contribution in [3.8, 4) is 0 Å². The molecule has 1 heterocycles. The van der Waals surface area contributed by atoms with Crippen LogP contribution in [0.3, 0.4) is 0 Å². The predicted octanol–water partition coefficient (Wildman–Crippen LogP) is 4.99. The molecule has 172 valence electrons. The number of carbonyl (C=O) groups excluding carboxylic acids is 1. The smallest absolute Gasteiger partial charge is 0.264 e. The molecule has 2 aromatic carbocycles. The molecule has 0 unspecified atom stereocenters. The average Bonchev–Trinajstić information content (AvgIpc) is 2.79. The van der Waals surface area contributed by atoms with Gasteiger partial charge >= 0.3 is 0 Å². The number of nitrogens with zero attached hydrogens (tertiary/aromatic N) is 1. The summed E-state index contributed by atoms with van der Waals surface area (Å²) in [5.74, 6) is 0.0946. The van der Waals surface area contributed by atoms with E-state index in [4.69, 9.17) is 0 Å². The molecule has 1 aliphatic carbocycles. The van der Waals surface area contributed by atoms with Gasteiger partial charge in [0.05, 0.1) is 10.6 Å². The van der Waals surface area contributed by atoms with E-state index in [-0.39, 0.29) is 5.91 Å². The minimum absolute atomic E-state index is 0.0946. The summed E-state index contributed by atoms with van der Waals surface area (Å²) in [6.07, 6.45) is 11.2. The molecule has 2 aliphatic rings. The molecule has 1 N–H and O–H groups in total. The van der Waals surface area contributed by atoms with Gasteiger partial charge in [0, 0.05) is 19.0 Å². The third kappa shape index (κ3) is 5.52. The van der Waals surface area contributed by atoms with Gasteiger partial charge in [-0.2, -0.15) is 0 Å². The summed E-state index contributed by atoms with van der Waals surface area (Å²) in [5.41, 5.74) is 2.85. The molecule has 1 fully saturated rings. The van der Waals surface area contributed by atoms with Crippen molar-refractivity contribution in [3.05, 3.63) is 59.7 Å². The second-order valence-electron chi connectivity index (χ2n) is 9.06. The predicted molar refractivity (Wildman–Crippen MR) is 128 cm³/mol. The van der Waals surface area contributed by atoms with E-state index >= 15 is 0 Å². The third-order valence-corrected chi connectivity index (χ3v) is 8.52. The van der Waals surface area contributed by atoms with Gasteiger partial charge in [-0.25, -0.2) is 8.42 Å². The fraction of sp³-hybridized carbons (Fsp3) is 0.500. The first-order valence-electron chi connectivity index (χ1n) is 12.0. The van der Waals surface area contributed by atoms with Gasteiger partial charge in [0.1, 0.15) is 0 Å². The number of anilines is 1. The van der Waals surface area contributed by atoms with Crippen LogP contribution in [0.1, 0.15) is 68.9 Å². The lowest BCUT2D eigenvalue weighted by molar-refractivity contribution is -0.121. The van der Waals surface area contributed by atoms with Gasteiger partial charge in [0.2, 0.25) is 5.91 Å². The van der Waals surface area contributed by atoms with E-state index in [0.29, 0.717) is 30.3 Å². The Morgan fingerprint density at radius 3 is 2.34 bits per heavy atom. The number of para-hydroxylation sites is 1. The average molecular weight is 455 g/mol. The highest BCUT2D eigenvalue weighted by atomic mass is 32.2. The molecule has 1 aliphatic heterocycles. The number of amides is 1. The zero-order valence-electron chi connectivity index (χ0n) is 18.8. The van der Waals surface area contributed by atoms with Crippen LogP contribution < -0.4 is 9.62 Å². The molecular weight excluding hydrogens is 420 g/mol. The Bertz CT molecular complexity index is 1010. The quantitative estimate of drug-likeness (QED) is 0.669. The molecule has 0 aromatic heterocycles. The van der Waals surface area contributed by atoms with Crippen molar-refractivity contribution < 1.29 is 13.2 Å².